The molecule has 0 radical (unpaired) electrons. The summed E-state index contributed by atoms with van der Waals surface area (Å²) in [5.74, 6) is 0. The average Bonchev–Trinajstić information content (AvgIpc) is 2.92. The Morgan fingerprint density at radius 1 is 0.900 bits per heavy atom. The van der Waals surface area contributed by atoms with E-state index in [0.29, 0.717) is 0 Å². The van der Waals surface area contributed by atoms with E-state index < -0.39 is 0 Å². The Balaban J connectivity index is 0.000000704. The van der Waals surface area contributed by atoms with Crippen molar-refractivity contribution in [2.24, 2.45) is 0 Å². The number of anilines is 2. The first-order chi connectivity index (χ1) is 9.66. The molecule has 0 bridgehead atoms. The second-order valence-electron chi connectivity index (χ2n) is 4.45. The molecule has 4 N–H and O–H groups in total. The van der Waals surface area contributed by atoms with Crippen LogP contribution in [-0.2, 0) is 0 Å². The van der Waals surface area contributed by atoms with Crippen LogP contribution in [0, 0.1) is 6.92 Å². The SMILES string of the molecule is CC.Cc1ccc(N)c2c(-c3ccc(N)cc3)csc12. The van der Waals surface area contributed by atoms with E-state index in [-0.39, 0.29) is 0 Å². The molecule has 20 heavy (non-hydrogen) atoms. The van der Waals surface area contributed by atoms with Gasteiger partial charge in [-0.3, -0.25) is 0 Å². The summed E-state index contributed by atoms with van der Waals surface area (Å²) in [7, 11) is 0. The third-order valence-corrected chi connectivity index (χ3v) is 4.29. The van der Waals surface area contributed by atoms with Gasteiger partial charge in [-0.25, -0.2) is 0 Å². The van der Waals surface area contributed by atoms with Crippen LogP contribution in [0.1, 0.15) is 19.4 Å². The average molecular weight is 284 g/mol. The van der Waals surface area contributed by atoms with Gasteiger partial charge in [0.1, 0.15) is 0 Å². The predicted octanol–water partition coefficient (Wildman–Crippen LogP) is 5.07. The Kier molecular flexibility index (Phi) is 4.30. The van der Waals surface area contributed by atoms with Gasteiger partial charge in [0.25, 0.3) is 0 Å². The van der Waals surface area contributed by atoms with Crippen LogP contribution >= 0.6 is 11.3 Å². The fourth-order valence-corrected chi connectivity index (χ4v) is 3.27. The molecule has 2 aromatic carbocycles. The molecule has 3 rings (SSSR count). The minimum absolute atomic E-state index is 0.780. The molecule has 0 aliphatic carbocycles. The quantitative estimate of drug-likeness (QED) is 0.613. The highest BCUT2D eigenvalue weighted by molar-refractivity contribution is 7.18. The van der Waals surface area contributed by atoms with Gasteiger partial charge in [0, 0.05) is 27.0 Å². The van der Waals surface area contributed by atoms with Gasteiger partial charge in [0.15, 0.2) is 0 Å². The molecular formula is C17H20N2S. The van der Waals surface area contributed by atoms with E-state index in [1.165, 1.54) is 15.8 Å². The van der Waals surface area contributed by atoms with Crippen LogP contribution in [0.3, 0.4) is 0 Å². The van der Waals surface area contributed by atoms with Crippen LogP contribution in [0.5, 0.6) is 0 Å². The normalized spacial score (nSPS) is 10.2. The van der Waals surface area contributed by atoms with Gasteiger partial charge in [0.05, 0.1) is 0 Å². The van der Waals surface area contributed by atoms with E-state index in [2.05, 4.69) is 18.4 Å². The summed E-state index contributed by atoms with van der Waals surface area (Å²) in [4.78, 5) is 0. The third-order valence-electron chi connectivity index (χ3n) is 3.17. The van der Waals surface area contributed by atoms with Crippen molar-refractivity contribution in [2.75, 3.05) is 11.5 Å². The zero-order chi connectivity index (χ0) is 14.7. The number of benzene rings is 2. The van der Waals surface area contributed by atoms with Crippen LogP contribution in [0.15, 0.2) is 41.8 Å². The topological polar surface area (TPSA) is 52.0 Å². The monoisotopic (exact) mass is 284 g/mol. The van der Waals surface area contributed by atoms with Crippen molar-refractivity contribution in [1.82, 2.24) is 0 Å². The molecule has 0 saturated heterocycles. The van der Waals surface area contributed by atoms with Gasteiger partial charge < -0.3 is 11.5 Å². The van der Waals surface area contributed by atoms with Crippen molar-refractivity contribution in [1.29, 1.82) is 0 Å². The third kappa shape index (κ3) is 2.49. The smallest absolute Gasteiger partial charge is 0.0408 e. The Hall–Kier alpha value is -2.00. The van der Waals surface area contributed by atoms with Crippen molar-refractivity contribution in [2.45, 2.75) is 20.8 Å². The number of hydrogen-bond acceptors (Lipinski definition) is 3. The van der Waals surface area contributed by atoms with E-state index in [9.17, 15) is 0 Å². The molecule has 0 saturated carbocycles. The number of hydrogen-bond donors (Lipinski definition) is 2. The highest BCUT2D eigenvalue weighted by Gasteiger charge is 2.10. The molecule has 0 fully saturated rings. The largest absolute Gasteiger partial charge is 0.399 e. The zero-order valence-electron chi connectivity index (χ0n) is 12.1. The van der Waals surface area contributed by atoms with Gasteiger partial charge in [-0.2, -0.15) is 0 Å². The fourth-order valence-electron chi connectivity index (χ4n) is 2.18. The molecule has 0 aliphatic rings. The highest BCUT2D eigenvalue weighted by atomic mass is 32.1. The Morgan fingerprint density at radius 2 is 1.55 bits per heavy atom. The highest BCUT2D eigenvalue weighted by Crippen LogP contribution is 2.39. The van der Waals surface area contributed by atoms with Crippen LogP contribution < -0.4 is 11.5 Å². The molecule has 0 atom stereocenters. The molecule has 104 valence electrons. The zero-order valence-corrected chi connectivity index (χ0v) is 12.9. The number of nitrogens with two attached hydrogens (primary N) is 2. The van der Waals surface area contributed by atoms with Crippen LogP contribution in [-0.4, -0.2) is 0 Å². The van der Waals surface area contributed by atoms with Crippen molar-refractivity contribution in [3.05, 3.63) is 47.3 Å². The summed E-state index contributed by atoms with van der Waals surface area (Å²) >= 11 is 1.74. The summed E-state index contributed by atoms with van der Waals surface area (Å²) in [5.41, 5.74) is 17.1. The number of nitrogen functional groups attached to an aromatic ring is 2. The molecular weight excluding hydrogens is 264 g/mol. The molecule has 3 heteroatoms. The van der Waals surface area contributed by atoms with E-state index in [0.717, 1.165) is 22.3 Å². The van der Waals surface area contributed by atoms with Crippen LogP contribution in [0.4, 0.5) is 11.4 Å². The lowest BCUT2D eigenvalue weighted by atomic mass is 10.0. The summed E-state index contributed by atoms with van der Waals surface area (Å²) in [5, 5.41) is 3.32. The number of rotatable bonds is 1. The molecule has 0 amide bonds. The minimum atomic E-state index is 0.780. The lowest BCUT2D eigenvalue weighted by molar-refractivity contribution is 1.50. The van der Waals surface area contributed by atoms with Gasteiger partial charge in [-0.15, -0.1) is 11.3 Å². The maximum absolute atomic E-state index is 6.12. The van der Waals surface area contributed by atoms with Crippen molar-refractivity contribution < 1.29 is 0 Å². The predicted molar refractivity (Wildman–Crippen MR) is 92.2 cm³/mol. The van der Waals surface area contributed by atoms with E-state index in [1.54, 1.807) is 11.3 Å². The fraction of sp³-hybridized carbons (Fsp3) is 0.176. The van der Waals surface area contributed by atoms with E-state index >= 15 is 0 Å². The van der Waals surface area contributed by atoms with Gasteiger partial charge in [-0.05, 0) is 41.6 Å². The first-order valence-electron chi connectivity index (χ1n) is 6.79. The summed E-state index contributed by atoms with van der Waals surface area (Å²) in [6.45, 7) is 6.12. The van der Waals surface area contributed by atoms with Gasteiger partial charge in [0.2, 0.25) is 0 Å². The number of aryl methyl sites for hydroxylation is 1. The number of thiophene rings is 1. The van der Waals surface area contributed by atoms with Gasteiger partial charge >= 0.3 is 0 Å². The lowest BCUT2D eigenvalue weighted by Gasteiger charge is -2.04. The maximum Gasteiger partial charge on any atom is 0.0408 e. The molecule has 1 aromatic heterocycles. The maximum atomic E-state index is 6.12. The summed E-state index contributed by atoms with van der Waals surface area (Å²) in [6.07, 6.45) is 0. The standard InChI is InChI=1S/C15H14N2S.C2H6/c1-9-2-7-13(17)14-12(8-18-15(9)14)10-3-5-11(16)6-4-10;1-2/h2-8H,16-17H2,1H3;1-2H3. The Labute approximate surface area is 124 Å². The summed E-state index contributed by atoms with van der Waals surface area (Å²) < 4.78 is 1.27. The second-order valence-corrected chi connectivity index (χ2v) is 5.33. The lowest BCUT2D eigenvalue weighted by Crippen LogP contribution is -1.88. The number of fused-ring (bicyclic) bond motifs is 1. The van der Waals surface area contributed by atoms with Crippen molar-refractivity contribution >= 4 is 32.8 Å². The van der Waals surface area contributed by atoms with Crippen LogP contribution in [0.25, 0.3) is 21.2 Å². The first kappa shape index (κ1) is 14.4. The minimum Gasteiger partial charge on any atom is -0.399 e. The Bertz CT molecular complexity index is 712. The molecule has 0 aliphatic heterocycles. The van der Waals surface area contributed by atoms with E-state index in [4.69, 9.17) is 11.5 Å². The van der Waals surface area contributed by atoms with Crippen LogP contribution in [0.2, 0.25) is 0 Å². The molecule has 2 nitrogen and oxygen atoms in total. The molecule has 0 spiro atoms. The molecule has 1 heterocycles. The van der Waals surface area contributed by atoms with Crippen molar-refractivity contribution in [3.63, 3.8) is 0 Å². The first-order valence-corrected chi connectivity index (χ1v) is 7.67. The summed E-state index contributed by atoms with van der Waals surface area (Å²) in [6, 6.07) is 12.0. The molecule has 3 aromatic rings. The van der Waals surface area contributed by atoms with Crippen molar-refractivity contribution in [3.8, 4) is 11.1 Å². The van der Waals surface area contributed by atoms with E-state index in [1.807, 2.05) is 44.2 Å². The molecule has 0 unspecified atom stereocenters. The Morgan fingerprint density at radius 3 is 2.20 bits per heavy atom. The second kappa shape index (κ2) is 5.97. The van der Waals surface area contributed by atoms with Gasteiger partial charge in [-0.1, -0.05) is 32.0 Å².